The number of carbonyl (C=O) groups is 1. The van der Waals surface area contributed by atoms with Gasteiger partial charge in [-0.15, -0.1) is 12.4 Å². The summed E-state index contributed by atoms with van der Waals surface area (Å²) in [5.74, 6) is -0.475. The summed E-state index contributed by atoms with van der Waals surface area (Å²) < 4.78 is 47.3. The van der Waals surface area contributed by atoms with E-state index in [1.54, 1.807) is 13.0 Å². The minimum atomic E-state index is -4.45. The van der Waals surface area contributed by atoms with Crippen LogP contribution in [0, 0.1) is 0 Å². The van der Waals surface area contributed by atoms with Gasteiger partial charge >= 0.3 is 12.1 Å². The van der Waals surface area contributed by atoms with E-state index < -0.39 is 17.7 Å². The van der Waals surface area contributed by atoms with Gasteiger partial charge in [-0.1, -0.05) is 50.2 Å². The van der Waals surface area contributed by atoms with Crippen molar-refractivity contribution in [2.24, 2.45) is 0 Å². The van der Waals surface area contributed by atoms with Gasteiger partial charge in [-0.05, 0) is 37.7 Å². The number of fused-ring (bicyclic) bond motifs is 1. The number of alkyl halides is 3. The molecule has 0 saturated heterocycles. The molecule has 3 aromatic rings. The van der Waals surface area contributed by atoms with Crippen LogP contribution in [0.3, 0.4) is 0 Å². The fourth-order valence-electron chi connectivity index (χ4n) is 3.88. The molecule has 0 aliphatic carbocycles. The van der Waals surface area contributed by atoms with Gasteiger partial charge in [0, 0.05) is 23.9 Å². The van der Waals surface area contributed by atoms with Crippen molar-refractivity contribution >= 4 is 29.1 Å². The molecule has 3 rings (SSSR count). The van der Waals surface area contributed by atoms with Crippen molar-refractivity contribution < 1.29 is 22.7 Å². The summed E-state index contributed by atoms with van der Waals surface area (Å²) in [4.78, 5) is 15.1. The number of halogens is 4. The maximum absolute atomic E-state index is 13.4. The van der Waals surface area contributed by atoms with Crippen molar-refractivity contribution in [1.29, 1.82) is 0 Å². The molecule has 0 spiro atoms. The third-order valence-electron chi connectivity index (χ3n) is 5.44. The molecule has 8 heteroatoms. The van der Waals surface area contributed by atoms with E-state index in [0.717, 1.165) is 30.6 Å². The molecule has 1 aromatic heterocycles. The lowest BCUT2D eigenvalue weighted by atomic mass is 10.0. The minimum Gasteiger partial charge on any atom is -0.461 e. The third-order valence-corrected chi connectivity index (χ3v) is 5.44. The van der Waals surface area contributed by atoms with E-state index in [9.17, 15) is 18.0 Å². The lowest BCUT2D eigenvalue weighted by molar-refractivity contribution is -0.137. The predicted octanol–water partition coefficient (Wildman–Crippen LogP) is 6.27. The summed E-state index contributed by atoms with van der Waals surface area (Å²) in [6, 6.07) is 12.5. The fourth-order valence-corrected chi connectivity index (χ4v) is 3.88. The number of aromatic nitrogens is 1. The molecule has 0 radical (unpaired) electrons. The summed E-state index contributed by atoms with van der Waals surface area (Å²) >= 11 is 0. The van der Waals surface area contributed by atoms with Crippen molar-refractivity contribution in [3.05, 3.63) is 59.8 Å². The van der Waals surface area contributed by atoms with E-state index in [4.69, 9.17) is 4.74 Å². The topological polar surface area (TPSA) is 34.5 Å². The highest BCUT2D eigenvalue weighted by Gasteiger charge is 2.31. The van der Waals surface area contributed by atoms with E-state index in [-0.39, 0.29) is 19.0 Å². The van der Waals surface area contributed by atoms with Gasteiger partial charge in [-0.2, -0.15) is 13.2 Å². The van der Waals surface area contributed by atoms with Gasteiger partial charge < -0.3 is 14.2 Å². The van der Waals surface area contributed by atoms with E-state index in [1.807, 2.05) is 28.8 Å². The maximum Gasteiger partial charge on any atom is 0.416 e. The molecule has 0 amide bonds. The van der Waals surface area contributed by atoms with E-state index in [2.05, 4.69) is 18.7 Å². The van der Waals surface area contributed by atoms with E-state index in [1.165, 1.54) is 6.07 Å². The van der Waals surface area contributed by atoms with Crippen LogP contribution in [-0.4, -0.2) is 41.7 Å². The second-order valence-corrected chi connectivity index (χ2v) is 7.22. The molecular weight excluding hydrogens is 441 g/mol. The third kappa shape index (κ3) is 5.27. The van der Waals surface area contributed by atoms with Gasteiger partial charge in [0.05, 0.1) is 17.9 Å². The van der Waals surface area contributed by atoms with Crippen LogP contribution >= 0.6 is 12.4 Å². The number of esters is 1. The summed E-state index contributed by atoms with van der Waals surface area (Å²) in [7, 11) is 0. The zero-order valence-corrected chi connectivity index (χ0v) is 19.2. The molecule has 0 atom stereocenters. The highest BCUT2D eigenvalue weighted by atomic mass is 35.5. The Morgan fingerprint density at radius 1 is 1.00 bits per heavy atom. The number of nitrogens with zero attached hydrogens (tertiary/aromatic N) is 2. The Hall–Kier alpha value is -2.51. The van der Waals surface area contributed by atoms with Crippen molar-refractivity contribution in [3.63, 3.8) is 0 Å². The summed E-state index contributed by atoms with van der Waals surface area (Å²) in [6.07, 6.45) is -4.45. The molecule has 0 N–H and O–H groups in total. The zero-order valence-electron chi connectivity index (χ0n) is 18.4. The Bertz CT molecular complexity index is 1060. The smallest absolute Gasteiger partial charge is 0.416 e. The van der Waals surface area contributed by atoms with Crippen LogP contribution in [0.2, 0.25) is 0 Å². The van der Waals surface area contributed by atoms with Crippen LogP contribution in [0.4, 0.5) is 13.2 Å². The standard InChI is InChI=1S/C24H27F3N2O2.ClH/c1-4-28(5-2)14-15-29-21(17-10-9-11-18(16-17)24(25,26)27)19-12-7-8-13-20(19)22(29)23(30)31-6-3;/h7-13,16H,4-6,14-15H2,1-3H3;1H. The minimum absolute atomic E-state index is 0. The molecule has 2 aromatic carbocycles. The monoisotopic (exact) mass is 468 g/mol. The number of carbonyl (C=O) groups excluding carboxylic acids is 1. The van der Waals surface area contributed by atoms with Crippen LogP contribution in [0.15, 0.2) is 48.5 Å². The largest absolute Gasteiger partial charge is 0.461 e. The van der Waals surface area contributed by atoms with Crippen LogP contribution in [0.5, 0.6) is 0 Å². The van der Waals surface area contributed by atoms with Gasteiger partial charge in [0.2, 0.25) is 0 Å². The lowest BCUT2D eigenvalue weighted by Gasteiger charge is -2.21. The van der Waals surface area contributed by atoms with Crippen LogP contribution in [-0.2, 0) is 17.5 Å². The van der Waals surface area contributed by atoms with Gasteiger partial charge in [0.1, 0.15) is 5.69 Å². The number of ether oxygens (including phenoxy) is 1. The summed E-state index contributed by atoms with van der Waals surface area (Å²) in [5, 5.41) is 1.40. The highest BCUT2D eigenvalue weighted by molar-refractivity contribution is 6.09. The van der Waals surface area contributed by atoms with Crippen LogP contribution in [0.1, 0.15) is 36.8 Å². The lowest BCUT2D eigenvalue weighted by Crippen LogP contribution is -2.28. The molecule has 0 aliphatic heterocycles. The summed E-state index contributed by atoms with van der Waals surface area (Å²) in [6.45, 7) is 8.84. The SMILES string of the molecule is CCOC(=O)c1c2ccccc2c(-c2cccc(C(F)(F)F)c2)n1CCN(CC)CC.Cl. The molecule has 4 nitrogen and oxygen atoms in total. The van der Waals surface area contributed by atoms with Crippen molar-refractivity contribution in [2.75, 3.05) is 26.2 Å². The molecule has 174 valence electrons. The molecule has 0 fully saturated rings. The predicted molar refractivity (Wildman–Crippen MR) is 123 cm³/mol. The molecule has 1 heterocycles. The van der Waals surface area contributed by atoms with E-state index >= 15 is 0 Å². The normalized spacial score (nSPS) is 11.6. The Kier molecular flexibility index (Phi) is 8.75. The van der Waals surface area contributed by atoms with Crippen molar-refractivity contribution in [3.8, 4) is 11.3 Å². The van der Waals surface area contributed by atoms with Crippen molar-refractivity contribution in [1.82, 2.24) is 9.47 Å². The highest BCUT2D eigenvalue weighted by Crippen LogP contribution is 2.37. The molecule has 32 heavy (non-hydrogen) atoms. The molecule has 0 bridgehead atoms. The maximum atomic E-state index is 13.4. The second-order valence-electron chi connectivity index (χ2n) is 7.22. The van der Waals surface area contributed by atoms with Gasteiger partial charge in [-0.25, -0.2) is 4.79 Å². The molecule has 0 aliphatic rings. The fraction of sp³-hybridized carbons (Fsp3) is 0.375. The number of benzene rings is 2. The van der Waals surface area contributed by atoms with E-state index in [0.29, 0.717) is 35.4 Å². The first kappa shape index (κ1) is 25.7. The van der Waals surface area contributed by atoms with Gasteiger partial charge in [0.25, 0.3) is 0 Å². The molecular formula is C24H28ClF3N2O2. The second kappa shape index (κ2) is 10.9. The quantitative estimate of drug-likeness (QED) is 0.365. The zero-order chi connectivity index (χ0) is 22.6. The number of rotatable bonds is 8. The first-order chi connectivity index (χ1) is 14.8. The number of hydrogen-bond acceptors (Lipinski definition) is 3. The molecule has 0 saturated carbocycles. The Morgan fingerprint density at radius 3 is 2.25 bits per heavy atom. The number of hydrogen-bond donors (Lipinski definition) is 0. The van der Waals surface area contributed by atoms with Crippen LogP contribution in [0.25, 0.3) is 22.0 Å². The van der Waals surface area contributed by atoms with Gasteiger partial charge in [0.15, 0.2) is 0 Å². The first-order valence-corrected chi connectivity index (χ1v) is 10.5. The average molecular weight is 469 g/mol. The Labute approximate surface area is 192 Å². The van der Waals surface area contributed by atoms with Crippen molar-refractivity contribution in [2.45, 2.75) is 33.5 Å². The Balaban J connectivity index is 0.00000363. The summed E-state index contributed by atoms with van der Waals surface area (Å²) in [5.41, 5.74) is 0.665. The van der Waals surface area contributed by atoms with Crippen LogP contribution < -0.4 is 0 Å². The Morgan fingerprint density at radius 2 is 1.66 bits per heavy atom. The average Bonchev–Trinajstić information content (AvgIpc) is 3.08. The van der Waals surface area contributed by atoms with Gasteiger partial charge in [-0.3, -0.25) is 0 Å². The molecule has 0 unspecified atom stereocenters. The first-order valence-electron chi connectivity index (χ1n) is 10.5. The number of likely N-dealkylation sites (N-methyl/N-ethyl adjacent to an activating group) is 1.